The lowest BCUT2D eigenvalue weighted by atomic mass is 10.1. The maximum absolute atomic E-state index is 13.8. The Morgan fingerprint density at radius 2 is 2.26 bits per heavy atom. The molecule has 2 atom stereocenters. The fourth-order valence-corrected chi connectivity index (χ4v) is 2.65. The minimum absolute atomic E-state index is 0.0441. The summed E-state index contributed by atoms with van der Waals surface area (Å²) in [5.41, 5.74) is 0.246. The molecule has 0 saturated carbocycles. The summed E-state index contributed by atoms with van der Waals surface area (Å²) >= 11 is 0. The van der Waals surface area contributed by atoms with E-state index in [1.807, 2.05) is 6.92 Å². The van der Waals surface area contributed by atoms with Gasteiger partial charge in [-0.25, -0.2) is 17.9 Å². The molecule has 0 aliphatic carbocycles. The van der Waals surface area contributed by atoms with Gasteiger partial charge in [0.2, 0.25) is 10.0 Å². The normalized spacial score (nSPS) is 21.3. The quantitative estimate of drug-likeness (QED) is 0.878. The molecule has 19 heavy (non-hydrogen) atoms. The largest absolute Gasteiger partial charge is 0.378 e. The highest BCUT2D eigenvalue weighted by atomic mass is 32.2. The first-order chi connectivity index (χ1) is 8.88. The minimum atomic E-state index is -3.88. The van der Waals surface area contributed by atoms with Gasteiger partial charge in [0.15, 0.2) is 0 Å². The van der Waals surface area contributed by atoms with Crippen molar-refractivity contribution < 1.29 is 17.5 Å². The van der Waals surface area contributed by atoms with Crippen LogP contribution in [0, 0.1) is 5.82 Å². The molecule has 0 spiro atoms. The number of hydrogen-bond acceptors (Lipinski definition) is 4. The molecule has 1 heterocycles. The minimum Gasteiger partial charge on any atom is -0.378 e. The molecular formula is C12H17FN2O3S. The molecule has 1 fully saturated rings. The Kier molecular flexibility index (Phi) is 4.07. The zero-order chi connectivity index (χ0) is 14.0. The van der Waals surface area contributed by atoms with Crippen molar-refractivity contribution in [3.63, 3.8) is 0 Å². The number of rotatable bonds is 4. The first kappa shape index (κ1) is 14.2. The summed E-state index contributed by atoms with van der Waals surface area (Å²) in [6.45, 7) is 2.63. The van der Waals surface area contributed by atoms with E-state index >= 15 is 0 Å². The molecule has 0 radical (unpaired) electrons. The van der Waals surface area contributed by atoms with Crippen LogP contribution in [0.4, 0.5) is 10.1 Å². The van der Waals surface area contributed by atoms with Gasteiger partial charge >= 0.3 is 0 Å². The molecule has 3 N–H and O–H groups in total. The number of nitrogens with two attached hydrogens (primary N) is 1. The van der Waals surface area contributed by atoms with Crippen molar-refractivity contribution in [1.82, 2.24) is 0 Å². The fraction of sp³-hybridized carbons (Fsp3) is 0.500. The molecule has 5 nitrogen and oxygen atoms in total. The monoisotopic (exact) mass is 288 g/mol. The summed E-state index contributed by atoms with van der Waals surface area (Å²) in [6.07, 6.45) is 1.99. The second-order valence-electron chi connectivity index (χ2n) is 4.67. The molecular weight excluding hydrogens is 271 g/mol. The Hall–Kier alpha value is -1.18. The lowest BCUT2D eigenvalue weighted by Gasteiger charge is -2.21. The highest BCUT2D eigenvalue weighted by Gasteiger charge is 2.23. The molecule has 1 aliphatic rings. The molecule has 1 aromatic rings. The van der Waals surface area contributed by atoms with Crippen molar-refractivity contribution in [3.05, 3.63) is 24.0 Å². The van der Waals surface area contributed by atoms with Crippen LogP contribution in [0.5, 0.6) is 0 Å². The number of primary sulfonamides is 1. The number of anilines is 1. The Bertz CT molecular complexity index is 556. The lowest BCUT2D eigenvalue weighted by molar-refractivity contribution is 0.0996. The summed E-state index contributed by atoms with van der Waals surface area (Å²) in [7, 11) is -3.88. The van der Waals surface area contributed by atoms with Gasteiger partial charge in [-0.05, 0) is 38.0 Å². The number of ether oxygens (including phenoxy) is 1. The summed E-state index contributed by atoms with van der Waals surface area (Å²) in [5.74, 6) is -0.642. The second kappa shape index (κ2) is 5.44. The molecule has 1 aliphatic heterocycles. The summed E-state index contributed by atoms with van der Waals surface area (Å²) in [4.78, 5) is -0.236. The van der Waals surface area contributed by atoms with Crippen LogP contribution in [0.1, 0.15) is 19.8 Å². The zero-order valence-electron chi connectivity index (χ0n) is 10.6. The Morgan fingerprint density at radius 3 is 2.79 bits per heavy atom. The third-order valence-corrected chi connectivity index (χ3v) is 4.09. The topological polar surface area (TPSA) is 81.4 Å². The third kappa shape index (κ3) is 3.43. The van der Waals surface area contributed by atoms with E-state index in [4.69, 9.17) is 9.88 Å². The van der Waals surface area contributed by atoms with E-state index in [2.05, 4.69) is 5.32 Å². The van der Waals surface area contributed by atoms with Gasteiger partial charge in [0.05, 0.1) is 16.7 Å². The zero-order valence-corrected chi connectivity index (χ0v) is 11.4. The van der Waals surface area contributed by atoms with Crippen LogP contribution in [0.2, 0.25) is 0 Å². The molecule has 0 amide bonds. The van der Waals surface area contributed by atoms with E-state index in [9.17, 15) is 12.8 Å². The average Bonchev–Trinajstić information content (AvgIpc) is 2.84. The van der Waals surface area contributed by atoms with E-state index in [-0.39, 0.29) is 22.7 Å². The first-order valence-electron chi connectivity index (χ1n) is 6.08. The van der Waals surface area contributed by atoms with Gasteiger partial charge < -0.3 is 10.1 Å². The number of sulfonamides is 1. The van der Waals surface area contributed by atoms with Gasteiger partial charge in [0.25, 0.3) is 0 Å². The number of halogens is 1. The van der Waals surface area contributed by atoms with Gasteiger partial charge in [0.1, 0.15) is 5.82 Å². The van der Waals surface area contributed by atoms with Gasteiger partial charge in [-0.1, -0.05) is 0 Å². The highest BCUT2D eigenvalue weighted by Crippen LogP contribution is 2.22. The summed E-state index contributed by atoms with van der Waals surface area (Å²) in [5, 5.41) is 7.94. The molecule has 2 rings (SSSR count). The molecule has 1 aromatic carbocycles. The van der Waals surface area contributed by atoms with E-state index < -0.39 is 15.8 Å². The second-order valence-corrected chi connectivity index (χ2v) is 6.23. The summed E-state index contributed by atoms with van der Waals surface area (Å²) < 4.78 is 41.5. The van der Waals surface area contributed by atoms with Crippen LogP contribution in [0.15, 0.2) is 23.1 Å². The van der Waals surface area contributed by atoms with Crippen molar-refractivity contribution in [2.45, 2.75) is 36.8 Å². The van der Waals surface area contributed by atoms with Crippen molar-refractivity contribution in [1.29, 1.82) is 0 Å². The fourth-order valence-electron chi connectivity index (χ4n) is 2.12. The molecule has 0 bridgehead atoms. The SMILES string of the molecule is CC(Nc1ccc(S(N)(=O)=O)cc1F)C1CCCO1. The van der Waals surface area contributed by atoms with Crippen molar-refractivity contribution in [2.24, 2.45) is 5.14 Å². The Balaban J connectivity index is 2.13. The lowest BCUT2D eigenvalue weighted by Crippen LogP contribution is -2.30. The van der Waals surface area contributed by atoms with Crippen molar-refractivity contribution in [3.8, 4) is 0 Å². The van der Waals surface area contributed by atoms with Crippen LogP contribution in [0.3, 0.4) is 0 Å². The van der Waals surface area contributed by atoms with Crippen LogP contribution >= 0.6 is 0 Å². The van der Waals surface area contributed by atoms with Crippen molar-refractivity contribution in [2.75, 3.05) is 11.9 Å². The van der Waals surface area contributed by atoms with Gasteiger partial charge in [-0.2, -0.15) is 0 Å². The highest BCUT2D eigenvalue weighted by molar-refractivity contribution is 7.89. The van der Waals surface area contributed by atoms with Crippen LogP contribution in [-0.4, -0.2) is 27.2 Å². The maximum atomic E-state index is 13.8. The van der Waals surface area contributed by atoms with Gasteiger partial charge in [-0.3, -0.25) is 0 Å². The van der Waals surface area contributed by atoms with E-state index in [1.54, 1.807) is 0 Å². The number of hydrogen-bond donors (Lipinski definition) is 2. The number of nitrogens with one attached hydrogen (secondary N) is 1. The Labute approximate surface area is 112 Å². The van der Waals surface area contributed by atoms with E-state index in [1.165, 1.54) is 12.1 Å². The molecule has 7 heteroatoms. The molecule has 0 aromatic heterocycles. The molecule has 1 saturated heterocycles. The number of benzene rings is 1. The van der Waals surface area contributed by atoms with E-state index in [0.29, 0.717) is 0 Å². The van der Waals surface area contributed by atoms with Crippen molar-refractivity contribution >= 4 is 15.7 Å². The third-order valence-electron chi connectivity index (χ3n) is 3.17. The van der Waals surface area contributed by atoms with Crippen LogP contribution < -0.4 is 10.5 Å². The summed E-state index contributed by atoms with van der Waals surface area (Å²) in [6, 6.07) is 3.53. The van der Waals surface area contributed by atoms with Gasteiger partial charge in [0, 0.05) is 12.6 Å². The predicted octanol–water partition coefficient (Wildman–Crippen LogP) is 1.45. The maximum Gasteiger partial charge on any atom is 0.238 e. The Morgan fingerprint density at radius 1 is 1.53 bits per heavy atom. The standard InChI is InChI=1S/C12H17FN2O3S/c1-8(12-3-2-6-18-12)15-11-5-4-9(7-10(11)13)19(14,16)17/h4-5,7-8,12,15H,2-3,6H2,1H3,(H2,14,16,17). The molecule has 106 valence electrons. The van der Waals surface area contributed by atoms with E-state index in [0.717, 1.165) is 25.5 Å². The smallest absolute Gasteiger partial charge is 0.238 e. The molecule has 2 unspecified atom stereocenters. The van der Waals surface area contributed by atoms with Crippen LogP contribution in [0.25, 0.3) is 0 Å². The first-order valence-corrected chi connectivity index (χ1v) is 7.63. The van der Waals surface area contributed by atoms with Crippen LogP contribution in [-0.2, 0) is 14.8 Å². The predicted molar refractivity (Wildman–Crippen MR) is 69.8 cm³/mol. The van der Waals surface area contributed by atoms with Gasteiger partial charge in [-0.15, -0.1) is 0 Å². The average molecular weight is 288 g/mol.